The van der Waals surface area contributed by atoms with Crippen LogP contribution in [0.3, 0.4) is 0 Å². The van der Waals surface area contributed by atoms with Crippen molar-refractivity contribution in [3.8, 4) is 0 Å². The van der Waals surface area contributed by atoms with Gasteiger partial charge in [-0.3, -0.25) is 14.5 Å². The van der Waals surface area contributed by atoms with Crippen LogP contribution < -0.4 is 5.32 Å². The second-order valence-corrected chi connectivity index (χ2v) is 6.90. The summed E-state index contributed by atoms with van der Waals surface area (Å²) >= 11 is 0. The zero-order valence-corrected chi connectivity index (χ0v) is 14.7. The van der Waals surface area contributed by atoms with Gasteiger partial charge in [0.05, 0.1) is 23.4 Å². The zero-order chi connectivity index (χ0) is 18.8. The number of hydrogen-bond donors (Lipinski definition) is 2. The van der Waals surface area contributed by atoms with Crippen molar-refractivity contribution in [1.29, 1.82) is 0 Å². The number of nitrogens with one attached hydrogen (secondary N) is 1. The van der Waals surface area contributed by atoms with E-state index in [1.165, 1.54) is 24.7 Å². The zero-order valence-electron chi connectivity index (χ0n) is 14.7. The average Bonchev–Trinajstić information content (AvgIpc) is 3.11. The van der Waals surface area contributed by atoms with Gasteiger partial charge in [0, 0.05) is 36.7 Å². The van der Waals surface area contributed by atoms with Crippen LogP contribution in [0.1, 0.15) is 42.2 Å². The molecule has 1 aliphatic rings. The Balaban J connectivity index is 1.55. The number of nitrogens with zero attached hydrogens (tertiary/aromatic N) is 4. The minimum absolute atomic E-state index is 0.0849. The topological polar surface area (TPSA) is 92.9 Å². The van der Waals surface area contributed by atoms with E-state index >= 15 is 0 Å². The van der Waals surface area contributed by atoms with Crippen LogP contribution in [0.4, 0.5) is 10.1 Å². The normalized spacial score (nSPS) is 19.9. The highest BCUT2D eigenvalue weighted by Crippen LogP contribution is 2.33. The fourth-order valence-electron chi connectivity index (χ4n) is 3.54. The van der Waals surface area contributed by atoms with Gasteiger partial charge < -0.3 is 10.4 Å². The predicted molar refractivity (Wildman–Crippen MR) is 97.8 cm³/mol. The van der Waals surface area contributed by atoms with Gasteiger partial charge in [-0.05, 0) is 37.7 Å². The lowest BCUT2D eigenvalue weighted by molar-refractivity contribution is 0.102. The molecule has 0 atom stereocenters. The van der Waals surface area contributed by atoms with Gasteiger partial charge in [-0.1, -0.05) is 0 Å². The van der Waals surface area contributed by atoms with Gasteiger partial charge in [0.15, 0.2) is 0 Å². The number of aliphatic hydroxyl groups is 1. The molecule has 140 valence electrons. The van der Waals surface area contributed by atoms with Gasteiger partial charge in [-0.25, -0.2) is 9.37 Å². The van der Waals surface area contributed by atoms with Crippen LogP contribution in [-0.4, -0.2) is 37.4 Å². The van der Waals surface area contributed by atoms with Crippen molar-refractivity contribution in [2.75, 3.05) is 11.9 Å². The number of aromatic nitrogens is 4. The second kappa shape index (κ2) is 7.40. The number of hydrogen-bond acceptors (Lipinski definition) is 5. The van der Waals surface area contributed by atoms with Crippen molar-refractivity contribution in [1.82, 2.24) is 19.7 Å². The van der Waals surface area contributed by atoms with Crippen LogP contribution in [0.15, 0.2) is 36.9 Å². The summed E-state index contributed by atoms with van der Waals surface area (Å²) in [6, 6.07) is 3.17. The molecule has 0 bridgehead atoms. The molecule has 1 fully saturated rings. The summed E-state index contributed by atoms with van der Waals surface area (Å²) in [5.41, 5.74) is 0.754. The molecule has 0 aliphatic heterocycles. The van der Waals surface area contributed by atoms with Gasteiger partial charge in [0.2, 0.25) is 0 Å². The molecule has 1 saturated carbocycles. The van der Waals surface area contributed by atoms with Crippen LogP contribution in [0.25, 0.3) is 10.9 Å². The van der Waals surface area contributed by atoms with Crippen molar-refractivity contribution < 1.29 is 14.3 Å². The molecule has 3 aromatic rings. The van der Waals surface area contributed by atoms with E-state index in [0.717, 1.165) is 31.1 Å². The van der Waals surface area contributed by atoms with Crippen molar-refractivity contribution in [3.63, 3.8) is 0 Å². The first-order valence-corrected chi connectivity index (χ1v) is 9.00. The summed E-state index contributed by atoms with van der Waals surface area (Å²) in [6.45, 7) is 0.230. The molecule has 27 heavy (non-hydrogen) atoms. The number of aliphatic hydroxyl groups excluding tert-OH is 1. The Hall–Kier alpha value is -2.87. The van der Waals surface area contributed by atoms with E-state index in [-0.39, 0.29) is 24.0 Å². The van der Waals surface area contributed by atoms with Crippen LogP contribution in [0.2, 0.25) is 0 Å². The quantitative estimate of drug-likeness (QED) is 0.738. The maximum Gasteiger partial charge on any atom is 0.275 e. The summed E-state index contributed by atoms with van der Waals surface area (Å²) in [5.74, 6) is -0.698. The number of carbonyl (C=O) groups excluding carboxylic acids is 1. The summed E-state index contributed by atoms with van der Waals surface area (Å²) in [4.78, 5) is 19.9. The van der Waals surface area contributed by atoms with Crippen molar-refractivity contribution in [2.45, 2.75) is 31.7 Å². The lowest BCUT2D eigenvalue weighted by Crippen LogP contribution is -2.20. The number of rotatable bonds is 4. The van der Waals surface area contributed by atoms with E-state index in [2.05, 4.69) is 20.4 Å². The van der Waals surface area contributed by atoms with Crippen molar-refractivity contribution in [3.05, 3.63) is 48.4 Å². The highest BCUT2D eigenvalue weighted by atomic mass is 19.1. The Kier molecular flexibility index (Phi) is 4.81. The van der Waals surface area contributed by atoms with Gasteiger partial charge in [-0.15, -0.1) is 0 Å². The largest absolute Gasteiger partial charge is 0.396 e. The first-order chi connectivity index (χ1) is 13.1. The molecular weight excluding hydrogens is 349 g/mol. The fourth-order valence-corrected chi connectivity index (χ4v) is 3.54. The Morgan fingerprint density at radius 2 is 2.07 bits per heavy atom. The number of anilines is 1. The number of carbonyl (C=O) groups is 1. The fraction of sp³-hybridized carbons (Fsp3) is 0.368. The molecule has 8 heteroatoms. The predicted octanol–water partition coefficient (Wildman–Crippen LogP) is 2.94. The van der Waals surface area contributed by atoms with E-state index in [4.69, 9.17) is 0 Å². The molecule has 1 amide bonds. The molecule has 2 heterocycles. The molecular formula is C19H20FN5O2. The van der Waals surface area contributed by atoms with Gasteiger partial charge >= 0.3 is 0 Å². The van der Waals surface area contributed by atoms with Gasteiger partial charge in [0.1, 0.15) is 11.5 Å². The molecule has 0 saturated heterocycles. The van der Waals surface area contributed by atoms with E-state index in [9.17, 15) is 14.3 Å². The second-order valence-electron chi connectivity index (χ2n) is 6.90. The summed E-state index contributed by atoms with van der Waals surface area (Å²) in [7, 11) is 0. The standard InChI is InChI=1S/C19H20FN5O2/c20-15-8-16-13(7-17(15)23-19(27)18-9-21-5-6-22-18)10-25(24-16)14-3-1-12(11-26)2-4-14/h5-10,12,14,26H,1-4,11H2,(H,23,27)/t12-,14-. The third-order valence-corrected chi connectivity index (χ3v) is 5.10. The average molecular weight is 369 g/mol. The summed E-state index contributed by atoms with van der Waals surface area (Å²) in [6.07, 6.45) is 9.89. The summed E-state index contributed by atoms with van der Waals surface area (Å²) in [5, 5.41) is 17.1. The number of fused-ring (bicyclic) bond motifs is 1. The monoisotopic (exact) mass is 369 g/mol. The van der Waals surface area contributed by atoms with E-state index in [1.807, 2.05) is 10.9 Å². The Labute approximate surface area is 155 Å². The van der Waals surface area contributed by atoms with Crippen LogP contribution in [0, 0.1) is 11.7 Å². The Morgan fingerprint density at radius 3 is 2.78 bits per heavy atom. The molecule has 7 nitrogen and oxygen atoms in total. The molecule has 0 radical (unpaired) electrons. The highest BCUT2D eigenvalue weighted by molar-refractivity contribution is 6.03. The first kappa shape index (κ1) is 17.5. The van der Waals surface area contributed by atoms with Crippen LogP contribution in [0.5, 0.6) is 0 Å². The third-order valence-electron chi connectivity index (χ3n) is 5.10. The highest BCUT2D eigenvalue weighted by Gasteiger charge is 2.23. The van der Waals surface area contributed by atoms with Gasteiger partial charge in [-0.2, -0.15) is 5.10 Å². The minimum Gasteiger partial charge on any atom is -0.396 e. The van der Waals surface area contributed by atoms with E-state index in [1.54, 1.807) is 6.07 Å². The molecule has 4 rings (SSSR count). The number of amides is 1. The molecule has 0 spiro atoms. The number of benzene rings is 1. The smallest absolute Gasteiger partial charge is 0.275 e. The molecule has 2 N–H and O–H groups in total. The van der Waals surface area contributed by atoms with Crippen molar-refractivity contribution in [2.24, 2.45) is 5.92 Å². The number of halogens is 1. The van der Waals surface area contributed by atoms with Crippen molar-refractivity contribution >= 4 is 22.5 Å². The van der Waals surface area contributed by atoms with Crippen LogP contribution >= 0.6 is 0 Å². The third kappa shape index (κ3) is 3.66. The maximum absolute atomic E-state index is 14.4. The van der Waals surface area contributed by atoms with E-state index in [0.29, 0.717) is 11.4 Å². The summed E-state index contributed by atoms with van der Waals surface area (Å²) < 4.78 is 16.3. The van der Waals surface area contributed by atoms with Gasteiger partial charge in [0.25, 0.3) is 5.91 Å². The van der Waals surface area contributed by atoms with Crippen LogP contribution in [-0.2, 0) is 0 Å². The molecule has 0 unspecified atom stereocenters. The Morgan fingerprint density at radius 1 is 1.26 bits per heavy atom. The lowest BCUT2D eigenvalue weighted by Gasteiger charge is -2.27. The molecule has 1 aromatic carbocycles. The van der Waals surface area contributed by atoms with E-state index < -0.39 is 11.7 Å². The Bertz CT molecular complexity index is 951. The SMILES string of the molecule is O=C(Nc1cc2cn([C@H]3CC[C@H](CO)CC3)nc2cc1F)c1cnccn1. The molecule has 2 aromatic heterocycles. The minimum atomic E-state index is -0.547. The molecule has 1 aliphatic carbocycles. The lowest BCUT2D eigenvalue weighted by atomic mass is 9.87. The maximum atomic E-state index is 14.4. The first-order valence-electron chi connectivity index (χ1n) is 9.00.